The number of carbonyl (C=O) groups is 1. The summed E-state index contributed by atoms with van der Waals surface area (Å²) in [4.78, 5) is 17.3. The molecule has 3 heterocycles. The van der Waals surface area contributed by atoms with Crippen LogP contribution in [-0.4, -0.2) is 66.8 Å². The SMILES string of the molecule is CS(=O)(=O)c1ccc2c(ccn2-c2ccc(OC3CCN(CC(=O)C(F)(F)F)CC3)cn2)c1. The van der Waals surface area contributed by atoms with E-state index in [0.717, 1.165) is 17.2 Å². The second kappa shape index (κ2) is 8.79. The van der Waals surface area contributed by atoms with Crippen molar-refractivity contribution in [1.29, 1.82) is 0 Å². The Labute approximate surface area is 188 Å². The first-order valence-electron chi connectivity index (χ1n) is 10.3. The van der Waals surface area contributed by atoms with E-state index in [-0.39, 0.29) is 11.0 Å². The average Bonchev–Trinajstić information content (AvgIpc) is 3.18. The van der Waals surface area contributed by atoms with E-state index in [1.165, 1.54) is 4.90 Å². The van der Waals surface area contributed by atoms with E-state index in [1.807, 2.05) is 10.6 Å². The lowest BCUT2D eigenvalue weighted by Crippen LogP contribution is -2.43. The smallest absolute Gasteiger partial charge is 0.451 e. The fourth-order valence-electron chi connectivity index (χ4n) is 3.81. The molecule has 3 aromatic rings. The fourth-order valence-corrected chi connectivity index (χ4v) is 4.46. The molecular weight excluding hydrogens is 459 g/mol. The van der Waals surface area contributed by atoms with Crippen molar-refractivity contribution < 1.29 is 31.1 Å². The van der Waals surface area contributed by atoms with Crippen molar-refractivity contribution in [2.45, 2.75) is 30.0 Å². The molecule has 0 amide bonds. The summed E-state index contributed by atoms with van der Waals surface area (Å²) in [5.74, 6) is -0.559. The van der Waals surface area contributed by atoms with Crippen LogP contribution in [0.2, 0.25) is 0 Å². The minimum Gasteiger partial charge on any atom is -0.489 e. The minimum absolute atomic E-state index is 0.170. The molecule has 0 spiro atoms. The molecule has 0 N–H and O–H groups in total. The van der Waals surface area contributed by atoms with Crippen LogP contribution in [0.25, 0.3) is 16.7 Å². The Morgan fingerprint density at radius 3 is 2.48 bits per heavy atom. The monoisotopic (exact) mass is 481 g/mol. The molecule has 33 heavy (non-hydrogen) atoms. The number of hydrogen-bond donors (Lipinski definition) is 0. The summed E-state index contributed by atoms with van der Waals surface area (Å²) in [5, 5.41) is 0.774. The van der Waals surface area contributed by atoms with Gasteiger partial charge in [0.2, 0.25) is 5.78 Å². The third kappa shape index (κ3) is 5.36. The van der Waals surface area contributed by atoms with Gasteiger partial charge in [0.05, 0.1) is 23.2 Å². The van der Waals surface area contributed by atoms with Crippen LogP contribution in [0.5, 0.6) is 5.75 Å². The lowest BCUT2D eigenvalue weighted by Gasteiger charge is -2.31. The van der Waals surface area contributed by atoms with E-state index in [1.54, 1.807) is 42.7 Å². The van der Waals surface area contributed by atoms with Crippen molar-refractivity contribution in [3.8, 4) is 11.6 Å². The Morgan fingerprint density at radius 2 is 1.88 bits per heavy atom. The van der Waals surface area contributed by atoms with E-state index in [0.29, 0.717) is 37.5 Å². The highest BCUT2D eigenvalue weighted by atomic mass is 32.2. The summed E-state index contributed by atoms with van der Waals surface area (Å²) in [6, 6.07) is 10.3. The van der Waals surface area contributed by atoms with Crippen LogP contribution in [0.15, 0.2) is 53.7 Å². The van der Waals surface area contributed by atoms with Crippen molar-refractivity contribution in [2.75, 3.05) is 25.9 Å². The van der Waals surface area contributed by atoms with Gasteiger partial charge in [0.15, 0.2) is 9.84 Å². The van der Waals surface area contributed by atoms with Gasteiger partial charge in [0.1, 0.15) is 17.7 Å². The Balaban J connectivity index is 1.38. The molecule has 176 valence electrons. The number of Topliss-reactive ketones (excluding diaryl/α,β-unsaturated/α-hetero) is 1. The van der Waals surface area contributed by atoms with E-state index in [4.69, 9.17) is 4.74 Å². The second-order valence-electron chi connectivity index (χ2n) is 8.04. The van der Waals surface area contributed by atoms with Gasteiger partial charge < -0.3 is 9.30 Å². The molecule has 0 atom stereocenters. The number of hydrogen-bond acceptors (Lipinski definition) is 6. The van der Waals surface area contributed by atoms with Gasteiger partial charge in [0.25, 0.3) is 0 Å². The number of halogens is 3. The average molecular weight is 481 g/mol. The third-order valence-corrected chi connectivity index (χ3v) is 6.69. The molecule has 0 saturated carbocycles. The van der Waals surface area contributed by atoms with Crippen LogP contribution in [0, 0.1) is 0 Å². The summed E-state index contributed by atoms with van der Waals surface area (Å²) < 4.78 is 68.5. The molecule has 0 bridgehead atoms. The maximum absolute atomic E-state index is 12.4. The lowest BCUT2D eigenvalue weighted by molar-refractivity contribution is -0.172. The predicted octanol–water partition coefficient (Wildman–Crippen LogP) is 3.40. The van der Waals surface area contributed by atoms with Gasteiger partial charge in [-0.3, -0.25) is 9.69 Å². The molecule has 1 fully saturated rings. The molecule has 2 aromatic heterocycles. The van der Waals surface area contributed by atoms with Gasteiger partial charge in [-0.15, -0.1) is 0 Å². The first-order valence-corrected chi connectivity index (χ1v) is 12.2. The van der Waals surface area contributed by atoms with Gasteiger partial charge >= 0.3 is 6.18 Å². The van der Waals surface area contributed by atoms with Crippen molar-refractivity contribution in [3.63, 3.8) is 0 Å². The number of piperidine rings is 1. The zero-order chi connectivity index (χ0) is 23.8. The molecular formula is C22H22F3N3O4S. The fraction of sp³-hybridized carbons (Fsp3) is 0.364. The molecule has 11 heteroatoms. The maximum atomic E-state index is 12.4. The van der Waals surface area contributed by atoms with E-state index >= 15 is 0 Å². The number of ether oxygens (including phenoxy) is 1. The van der Waals surface area contributed by atoms with Gasteiger partial charge in [0, 0.05) is 30.9 Å². The highest BCUT2D eigenvalue weighted by Crippen LogP contribution is 2.25. The van der Waals surface area contributed by atoms with Gasteiger partial charge in [-0.1, -0.05) is 0 Å². The highest BCUT2D eigenvalue weighted by molar-refractivity contribution is 7.90. The minimum atomic E-state index is -4.80. The molecule has 0 aliphatic carbocycles. The Kier molecular flexibility index (Phi) is 6.19. The summed E-state index contributed by atoms with van der Waals surface area (Å²) in [5.41, 5.74) is 0.810. The number of likely N-dealkylation sites (tertiary alicyclic amines) is 1. The Hall–Kier alpha value is -2.92. The predicted molar refractivity (Wildman–Crippen MR) is 115 cm³/mol. The number of nitrogens with zero attached hydrogens (tertiary/aromatic N) is 3. The Bertz CT molecular complexity index is 1260. The van der Waals surface area contributed by atoms with Crippen molar-refractivity contribution in [2.24, 2.45) is 0 Å². The van der Waals surface area contributed by atoms with Gasteiger partial charge in [-0.05, 0) is 49.2 Å². The molecule has 1 aromatic carbocycles. The van der Waals surface area contributed by atoms with Crippen molar-refractivity contribution in [3.05, 3.63) is 48.8 Å². The third-order valence-electron chi connectivity index (χ3n) is 5.58. The number of benzene rings is 1. The summed E-state index contributed by atoms with van der Waals surface area (Å²) >= 11 is 0. The van der Waals surface area contributed by atoms with E-state index in [2.05, 4.69) is 4.98 Å². The number of alkyl halides is 3. The summed E-state index contributed by atoms with van der Waals surface area (Å²) in [6.07, 6.45) is 0.592. The molecule has 0 unspecified atom stereocenters. The van der Waals surface area contributed by atoms with Crippen molar-refractivity contribution in [1.82, 2.24) is 14.5 Å². The summed E-state index contributed by atoms with van der Waals surface area (Å²) in [6.45, 7) is 0.0780. The van der Waals surface area contributed by atoms with Crippen LogP contribution in [0.1, 0.15) is 12.8 Å². The molecule has 0 radical (unpaired) electrons. The number of carbonyl (C=O) groups excluding carboxylic acids is 1. The first kappa shape index (κ1) is 23.2. The zero-order valence-corrected chi connectivity index (χ0v) is 18.6. The van der Waals surface area contributed by atoms with Crippen LogP contribution in [-0.2, 0) is 14.6 Å². The topological polar surface area (TPSA) is 81.5 Å². The van der Waals surface area contributed by atoms with Crippen LogP contribution >= 0.6 is 0 Å². The number of pyridine rings is 1. The standard InChI is InChI=1S/C22H22F3N3O4S/c1-33(30,31)18-3-4-19-15(12-18)6-11-28(19)21-5-2-17(13-26-21)32-16-7-9-27(10-8-16)14-20(29)22(23,24)25/h2-6,11-13,16H,7-10,14H2,1H3. The lowest BCUT2D eigenvalue weighted by atomic mass is 10.1. The quantitative estimate of drug-likeness (QED) is 0.537. The van der Waals surface area contributed by atoms with Crippen LogP contribution in [0.3, 0.4) is 0 Å². The first-order chi connectivity index (χ1) is 15.5. The van der Waals surface area contributed by atoms with Crippen LogP contribution in [0.4, 0.5) is 13.2 Å². The largest absolute Gasteiger partial charge is 0.489 e. The molecule has 4 rings (SSSR count). The normalized spacial score (nSPS) is 16.2. The number of ketones is 1. The van der Waals surface area contributed by atoms with E-state index < -0.39 is 28.3 Å². The highest BCUT2D eigenvalue weighted by Gasteiger charge is 2.39. The van der Waals surface area contributed by atoms with E-state index in [9.17, 15) is 26.4 Å². The molecule has 7 nitrogen and oxygen atoms in total. The molecule has 1 aliphatic rings. The molecule has 1 aliphatic heterocycles. The zero-order valence-electron chi connectivity index (χ0n) is 17.7. The van der Waals surface area contributed by atoms with Gasteiger partial charge in [-0.2, -0.15) is 13.2 Å². The second-order valence-corrected chi connectivity index (χ2v) is 10.1. The number of aromatic nitrogens is 2. The number of rotatable bonds is 6. The molecule has 1 saturated heterocycles. The van der Waals surface area contributed by atoms with Crippen LogP contribution < -0.4 is 4.74 Å². The summed E-state index contributed by atoms with van der Waals surface area (Å²) in [7, 11) is -3.30. The number of fused-ring (bicyclic) bond motifs is 1. The van der Waals surface area contributed by atoms with Gasteiger partial charge in [-0.25, -0.2) is 13.4 Å². The maximum Gasteiger partial charge on any atom is 0.451 e. The van der Waals surface area contributed by atoms with Crippen molar-refractivity contribution >= 4 is 26.5 Å². The number of sulfone groups is 1. The Morgan fingerprint density at radius 1 is 1.15 bits per heavy atom.